The number of benzene rings is 1. The van der Waals surface area contributed by atoms with Crippen molar-refractivity contribution in [2.45, 2.75) is 38.0 Å². The van der Waals surface area contributed by atoms with Crippen LogP contribution in [0.3, 0.4) is 0 Å². The zero-order valence-electron chi connectivity index (χ0n) is 14.9. The molecule has 1 saturated carbocycles. The summed E-state index contributed by atoms with van der Waals surface area (Å²) >= 11 is 0. The van der Waals surface area contributed by atoms with Crippen LogP contribution in [0.15, 0.2) is 41.3 Å². The predicted octanol–water partition coefficient (Wildman–Crippen LogP) is 3.36. The van der Waals surface area contributed by atoms with Gasteiger partial charge >= 0.3 is 0 Å². The Bertz CT molecular complexity index is 1030. The largest absolute Gasteiger partial charge is 0.507 e. The van der Waals surface area contributed by atoms with Crippen molar-refractivity contribution in [3.05, 3.63) is 46.9 Å². The van der Waals surface area contributed by atoms with Crippen LogP contribution in [-0.2, 0) is 7.05 Å². The van der Waals surface area contributed by atoms with Crippen LogP contribution >= 0.6 is 0 Å². The molecule has 0 saturated heterocycles. The van der Waals surface area contributed by atoms with E-state index in [2.05, 4.69) is 10.2 Å². The Balaban J connectivity index is 1.64. The standard InChI is InChI=1S/C20H20FN3O3/c1-24-9-8-12-10-17(25)14(11-13(12)20(24)26)16-6-7-19(23-22-16)27-18-5-3-2-4-15(18)21/h6-11,15,18,25H,2-5H2,1H3/t15-,18+/m1/s1. The summed E-state index contributed by atoms with van der Waals surface area (Å²) in [5.41, 5.74) is 0.659. The minimum absolute atomic E-state index is 0.00910. The summed E-state index contributed by atoms with van der Waals surface area (Å²) in [7, 11) is 1.67. The highest BCUT2D eigenvalue weighted by Gasteiger charge is 2.26. The van der Waals surface area contributed by atoms with Crippen LogP contribution in [0.5, 0.6) is 11.6 Å². The quantitative estimate of drug-likeness (QED) is 0.766. The Morgan fingerprint density at radius 2 is 2.00 bits per heavy atom. The second kappa shape index (κ2) is 6.98. The monoisotopic (exact) mass is 369 g/mol. The van der Waals surface area contributed by atoms with Gasteiger partial charge in [-0.25, -0.2) is 4.39 Å². The lowest BCUT2D eigenvalue weighted by atomic mass is 9.96. The highest BCUT2D eigenvalue weighted by Crippen LogP contribution is 2.32. The van der Waals surface area contributed by atoms with Gasteiger partial charge in [-0.05, 0) is 48.9 Å². The van der Waals surface area contributed by atoms with E-state index in [1.807, 2.05) is 0 Å². The first-order valence-corrected chi connectivity index (χ1v) is 9.00. The number of aryl methyl sites for hydroxylation is 1. The van der Waals surface area contributed by atoms with Crippen molar-refractivity contribution in [1.82, 2.24) is 14.8 Å². The minimum Gasteiger partial charge on any atom is -0.507 e. The molecule has 0 spiro atoms. The number of hydrogen-bond donors (Lipinski definition) is 1. The number of nitrogens with zero attached hydrogens (tertiary/aromatic N) is 3. The Labute approximate surface area is 155 Å². The van der Waals surface area contributed by atoms with E-state index >= 15 is 0 Å². The van der Waals surface area contributed by atoms with Crippen LogP contribution in [0.4, 0.5) is 4.39 Å². The van der Waals surface area contributed by atoms with Crippen LogP contribution in [0.2, 0.25) is 0 Å². The second-order valence-corrected chi connectivity index (χ2v) is 6.90. The van der Waals surface area contributed by atoms with Gasteiger partial charge in [0.2, 0.25) is 5.88 Å². The number of rotatable bonds is 3. The zero-order valence-corrected chi connectivity index (χ0v) is 14.9. The van der Waals surface area contributed by atoms with Crippen molar-refractivity contribution in [2.24, 2.45) is 7.05 Å². The molecule has 0 bridgehead atoms. The van der Waals surface area contributed by atoms with E-state index in [9.17, 15) is 14.3 Å². The molecular formula is C20H20FN3O3. The minimum atomic E-state index is -0.985. The first-order valence-electron chi connectivity index (χ1n) is 9.00. The van der Waals surface area contributed by atoms with Gasteiger partial charge in [-0.3, -0.25) is 4.79 Å². The van der Waals surface area contributed by atoms with Crippen molar-refractivity contribution in [2.75, 3.05) is 0 Å². The third-order valence-electron chi connectivity index (χ3n) is 5.01. The van der Waals surface area contributed by atoms with E-state index in [-0.39, 0.29) is 17.2 Å². The van der Waals surface area contributed by atoms with Crippen molar-refractivity contribution in [1.29, 1.82) is 0 Å². The summed E-state index contributed by atoms with van der Waals surface area (Å²) in [6, 6.07) is 8.16. The molecule has 0 unspecified atom stereocenters. The predicted molar refractivity (Wildman–Crippen MR) is 99.7 cm³/mol. The fraction of sp³-hybridized carbons (Fsp3) is 0.350. The Kier molecular flexibility index (Phi) is 4.51. The van der Waals surface area contributed by atoms with E-state index in [0.717, 1.165) is 12.8 Å². The molecule has 1 aromatic carbocycles. The molecule has 1 N–H and O–H groups in total. The number of pyridine rings is 1. The van der Waals surface area contributed by atoms with Crippen molar-refractivity contribution >= 4 is 10.8 Å². The summed E-state index contributed by atoms with van der Waals surface area (Å²) in [6.45, 7) is 0. The Morgan fingerprint density at radius 3 is 2.74 bits per heavy atom. The van der Waals surface area contributed by atoms with Gasteiger partial charge in [-0.2, -0.15) is 0 Å². The molecule has 4 rings (SSSR count). The van der Waals surface area contributed by atoms with Crippen molar-refractivity contribution in [3.8, 4) is 22.9 Å². The van der Waals surface area contributed by atoms with Crippen LogP contribution in [-0.4, -0.2) is 32.1 Å². The molecule has 6 nitrogen and oxygen atoms in total. The molecule has 140 valence electrons. The normalized spacial score (nSPS) is 19.9. The molecule has 3 aromatic rings. The smallest absolute Gasteiger partial charge is 0.258 e. The third kappa shape index (κ3) is 3.37. The third-order valence-corrected chi connectivity index (χ3v) is 5.01. The van der Waals surface area contributed by atoms with Crippen molar-refractivity contribution in [3.63, 3.8) is 0 Å². The summed E-state index contributed by atoms with van der Waals surface area (Å²) in [4.78, 5) is 12.3. The van der Waals surface area contributed by atoms with Crippen LogP contribution in [0.25, 0.3) is 22.0 Å². The number of alkyl halides is 1. The number of fused-ring (bicyclic) bond motifs is 1. The maximum Gasteiger partial charge on any atom is 0.258 e. The lowest BCUT2D eigenvalue weighted by Gasteiger charge is -2.25. The molecule has 7 heteroatoms. The Morgan fingerprint density at radius 1 is 1.19 bits per heavy atom. The van der Waals surface area contributed by atoms with Gasteiger partial charge in [-0.15, -0.1) is 10.2 Å². The fourth-order valence-corrected chi connectivity index (χ4v) is 3.45. The van der Waals surface area contributed by atoms with Gasteiger partial charge < -0.3 is 14.4 Å². The van der Waals surface area contributed by atoms with E-state index in [1.54, 1.807) is 37.5 Å². The number of ether oxygens (including phenoxy) is 1. The van der Waals surface area contributed by atoms with Gasteiger partial charge in [0.25, 0.3) is 5.56 Å². The van der Waals surface area contributed by atoms with E-state index in [4.69, 9.17) is 4.74 Å². The number of hydrogen-bond acceptors (Lipinski definition) is 5. The van der Waals surface area contributed by atoms with E-state index < -0.39 is 12.3 Å². The zero-order chi connectivity index (χ0) is 19.0. The maximum absolute atomic E-state index is 13.9. The van der Waals surface area contributed by atoms with Crippen LogP contribution < -0.4 is 10.3 Å². The average Bonchev–Trinajstić information content (AvgIpc) is 2.67. The SMILES string of the molecule is Cn1ccc2cc(O)c(-c3ccc(O[C@H]4CCCC[C@H]4F)nn3)cc2c1=O. The first-order chi connectivity index (χ1) is 13.0. The summed E-state index contributed by atoms with van der Waals surface area (Å²) < 4.78 is 21.0. The van der Waals surface area contributed by atoms with E-state index in [1.165, 1.54) is 10.6 Å². The lowest BCUT2D eigenvalue weighted by molar-refractivity contribution is 0.0594. The lowest BCUT2D eigenvalue weighted by Crippen LogP contribution is -2.32. The molecule has 2 heterocycles. The molecule has 0 radical (unpaired) electrons. The van der Waals surface area contributed by atoms with Crippen molar-refractivity contribution < 1.29 is 14.2 Å². The topological polar surface area (TPSA) is 77.2 Å². The van der Waals surface area contributed by atoms with Crippen LogP contribution in [0, 0.1) is 0 Å². The van der Waals surface area contributed by atoms with Gasteiger partial charge in [0.05, 0.1) is 5.69 Å². The average molecular weight is 369 g/mol. The number of phenols is 1. The fourth-order valence-electron chi connectivity index (χ4n) is 3.45. The van der Waals surface area contributed by atoms with E-state index in [0.29, 0.717) is 34.9 Å². The molecule has 0 amide bonds. The molecular weight excluding hydrogens is 349 g/mol. The molecule has 2 atom stereocenters. The number of phenolic OH excluding ortho intramolecular Hbond substituents is 1. The summed E-state index contributed by atoms with van der Waals surface area (Å²) in [6.07, 6.45) is 3.18. The van der Waals surface area contributed by atoms with Crippen LogP contribution in [0.1, 0.15) is 25.7 Å². The first kappa shape index (κ1) is 17.5. The molecule has 1 aliphatic carbocycles. The van der Waals surface area contributed by atoms with Gasteiger partial charge in [-0.1, -0.05) is 6.42 Å². The number of halogens is 1. The molecule has 1 aliphatic rings. The van der Waals surface area contributed by atoms with Gasteiger partial charge in [0.15, 0.2) is 0 Å². The number of aromatic hydroxyl groups is 1. The molecule has 27 heavy (non-hydrogen) atoms. The molecule has 2 aromatic heterocycles. The summed E-state index contributed by atoms with van der Waals surface area (Å²) in [5, 5.41) is 19.6. The highest BCUT2D eigenvalue weighted by atomic mass is 19.1. The maximum atomic E-state index is 13.9. The summed E-state index contributed by atoms with van der Waals surface area (Å²) in [5.74, 6) is 0.263. The molecule has 0 aliphatic heterocycles. The number of aromatic nitrogens is 3. The van der Waals surface area contributed by atoms with Gasteiger partial charge in [0.1, 0.15) is 18.0 Å². The van der Waals surface area contributed by atoms with Gasteiger partial charge in [0, 0.05) is 30.3 Å². The highest BCUT2D eigenvalue weighted by molar-refractivity contribution is 5.89. The second-order valence-electron chi connectivity index (χ2n) is 6.90. The Hall–Kier alpha value is -2.96. The molecule has 1 fully saturated rings.